The van der Waals surface area contributed by atoms with E-state index >= 15 is 0 Å². The molecule has 0 N–H and O–H groups in total. The van der Waals surface area contributed by atoms with Crippen molar-refractivity contribution in [2.45, 2.75) is 84.1 Å². The Labute approximate surface area is 113 Å². The van der Waals surface area contributed by atoms with Gasteiger partial charge in [-0.1, -0.05) is 27.7 Å². The van der Waals surface area contributed by atoms with Gasteiger partial charge < -0.3 is 13.9 Å². The summed E-state index contributed by atoms with van der Waals surface area (Å²) >= 11 is 0. The summed E-state index contributed by atoms with van der Waals surface area (Å²) in [6.07, 6.45) is 1.19. The van der Waals surface area contributed by atoms with Crippen LogP contribution >= 0.6 is 0 Å². The van der Waals surface area contributed by atoms with Crippen molar-refractivity contribution in [2.24, 2.45) is 0 Å². The molecule has 0 saturated carbocycles. The van der Waals surface area contributed by atoms with Gasteiger partial charge in [0.15, 0.2) is 14.1 Å². The van der Waals surface area contributed by atoms with Crippen molar-refractivity contribution in [1.82, 2.24) is 0 Å². The van der Waals surface area contributed by atoms with E-state index in [4.69, 9.17) is 13.9 Å². The zero-order valence-corrected chi connectivity index (χ0v) is 14.3. The highest BCUT2D eigenvalue weighted by atomic mass is 28.4. The van der Waals surface area contributed by atoms with Crippen LogP contribution in [0.1, 0.15) is 48.0 Å². The second-order valence-electron chi connectivity index (χ2n) is 7.19. The lowest BCUT2D eigenvalue weighted by Gasteiger charge is -2.37. The molecule has 4 heteroatoms. The highest BCUT2D eigenvalue weighted by Crippen LogP contribution is 2.38. The van der Waals surface area contributed by atoms with Gasteiger partial charge in [0.1, 0.15) is 6.10 Å². The molecule has 0 aromatic carbocycles. The first-order valence-corrected chi connectivity index (χ1v) is 9.89. The molecule has 0 aliphatic carbocycles. The maximum Gasteiger partial charge on any atom is 0.192 e. The molecule has 1 fully saturated rings. The van der Waals surface area contributed by atoms with Gasteiger partial charge in [-0.15, -0.1) is 0 Å². The van der Waals surface area contributed by atoms with Crippen LogP contribution in [-0.2, 0) is 13.9 Å². The first-order valence-electron chi connectivity index (χ1n) is 6.98. The Morgan fingerprint density at radius 3 is 2.06 bits per heavy atom. The molecule has 0 unspecified atom stereocenters. The molecular weight excluding hydrogens is 244 g/mol. The van der Waals surface area contributed by atoms with Gasteiger partial charge in [0.2, 0.25) is 0 Å². The average Bonchev–Trinajstić information content (AvgIpc) is 2.48. The maximum atomic E-state index is 6.24. The van der Waals surface area contributed by atoms with E-state index in [9.17, 15) is 0 Å². The molecule has 1 rings (SSSR count). The van der Waals surface area contributed by atoms with Crippen LogP contribution in [-0.4, -0.2) is 32.9 Å². The fraction of sp³-hybridized carbons (Fsp3) is 1.00. The minimum atomic E-state index is -1.70. The van der Waals surface area contributed by atoms with Crippen LogP contribution < -0.4 is 0 Å². The Balaban J connectivity index is 2.58. The van der Waals surface area contributed by atoms with E-state index in [1.807, 2.05) is 13.8 Å². The molecular formula is C14H30O3Si. The minimum Gasteiger partial charge on any atom is -0.414 e. The van der Waals surface area contributed by atoms with Crippen LogP contribution in [0.3, 0.4) is 0 Å². The summed E-state index contributed by atoms with van der Waals surface area (Å²) in [5.41, 5.74) is 0. The normalized spacial score (nSPS) is 28.7. The van der Waals surface area contributed by atoms with Gasteiger partial charge in [0.25, 0.3) is 0 Å². The molecule has 0 radical (unpaired) electrons. The molecule has 1 aliphatic rings. The Morgan fingerprint density at radius 1 is 1.11 bits per heavy atom. The number of hydrogen-bond acceptors (Lipinski definition) is 3. The molecule has 1 heterocycles. The van der Waals surface area contributed by atoms with Crippen LogP contribution in [0.15, 0.2) is 0 Å². The van der Waals surface area contributed by atoms with Crippen LogP contribution in [0.4, 0.5) is 0 Å². The van der Waals surface area contributed by atoms with Crippen molar-refractivity contribution in [2.75, 3.05) is 6.61 Å². The van der Waals surface area contributed by atoms with Crippen molar-refractivity contribution in [1.29, 1.82) is 0 Å². The minimum absolute atomic E-state index is 0.0686. The molecule has 0 spiro atoms. The predicted octanol–water partition coefficient (Wildman–Crippen LogP) is 3.94. The number of rotatable bonds is 4. The van der Waals surface area contributed by atoms with E-state index in [0.29, 0.717) is 6.61 Å². The van der Waals surface area contributed by atoms with Gasteiger partial charge in [-0.05, 0) is 38.4 Å². The third-order valence-electron chi connectivity index (χ3n) is 4.10. The highest BCUT2D eigenvalue weighted by molar-refractivity contribution is 6.74. The lowest BCUT2D eigenvalue weighted by molar-refractivity contribution is -0.148. The molecule has 108 valence electrons. The molecule has 1 aliphatic heterocycles. The van der Waals surface area contributed by atoms with E-state index in [-0.39, 0.29) is 17.2 Å². The Hall–Kier alpha value is 0.0969. The average molecular weight is 274 g/mol. The van der Waals surface area contributed by atoms with Gasteiger partial charge in [-0.2, -0.15) is 0 Å². The van der Waals surface area contributed by atoms with Crippen LogP contribution in [0, 0.1) is 0 Å². The monoisotopic (exact) mass is 274 g/mol. The van der Waals surface area contributed by atoms with Crippen molar-refractivity contribution in [3.8, 4) is 0 Å². The first-order chi connectivity index (χ1) is 7.98. The summed E-state index contributed by atoms with van der Waals surface area (Å²) < 4.78 is 18.0. The lowest BCUT2D eigenvalue weighted by Crippen LogP contribution is -2.44. The SMILES string of the molecule is CC[C@@H]1OC(C)(C)O[C@H]1CO[Si](C)(C)C(C)(C)C. The van der Waals surface area contributed by atoms with Crippen LogP contribution in [0.2, 0.25) is 18.1 Å². The predicted molar refractivity (Wildman–Crippen MR) is 77.3 cm³/mol. The Morgan fingerprint density at radius 2 is 1.61 bits per heavy atom. The fourth-order valence-electron chi connectivity index (χ4n) is 1.90. The van der Waals surface area contributed by atoms with Gasteiger partial charge in [0, 0.05) is 0 Å². The third-order valence-corrected chi connectivity index (χ3v) is 8.60. The number of ether oxygens (including phenoxy) is 2. The van der Waals surface area contributed by atoms with Gasteiger partial charge in [-0.3, -0.25) is 0 Å². The van der Waals surface area contributed by atoms with Crippen molar-refractivity contribution in [3.63, 3.8) is 0 Å². The summed E-state index contributed by atoms with van der Waals surface area (Å²) in [4.78, 5) is 0. The molecule has 1 saturated heterocycles. The molecule has 0 aromatic rings. The molecule has 2 atom stereocenters. The number of hydrogen-bond donors (Lipinski definition) is 0. The summed E-state index contributed by atoms with van der Waals surface area (Å²) in [5.74, 6) is -0.470. The van der Waals surface area contributed by atoms with Gasteiger partial charge in [0.05, 0.1) is 12.7 Å². The van der Waals surface area contributed by atoms with E-state index in [2.05, 4.69) is 40.8 Å². The van der Waals surface area contributed by atoms with Crippen LogP contribution in [0.25, 0.3) is 0 Å². The summed E-state index contributed by atoms with van der Waals surface area (Å²) in [6, 6.07) is 0. The zero-order chi connectivity index (χ0) is 14.2. The van der Waals surface area contributed by atoms with E-state index in [1.165, 1.54) is 0 Å². The quantitative estimate of drug-likeness (QED) is 0.727. The standard InChI is InChI=1S/C14H30O3Si/c1-9-11-12(17-14(5,6)16-11)10-15-18(7,8)13(2,3)4/h11-12H,9-10H2,1-8H3/t11-,12-/m0/s1. The van der Waals surface area contributed by atoms with Gasteiger partial charge in [-0.25, -0.2) is 0 Å². The molecule has 18 heavy (non-hydrogen) atoms. The summed E-state index contributed by atoms with van der Waals surface area (Å²) in [7, 11) is -1.70. The Kier molecular flexibility index (Phi) is 4.70. The lowest BCUT2D eigenvalue weighted by atomic mass is 10.2. The zero-order valence-electron chi connectivity index (χ0n) is 13.3. The Bertz CT molecular complexity index is 281. The molecule has 0 amide bonds. The topological polar surface area (TPSA) is 27.7 Å². The van der Waals surface area contributed by atoms with Crippen molar-refractivity contribution < 1.29 is 13.9 Å². The molecule has 0 bridgehead atoms. The first kappa shape index (κ1) is 16.2. The van der Waals surface area contributed by atoms with Gasteiger partial charge >= 0.3 is 0 Å². The van der Waals surface area contributed by atoms with Crippen molar-refractivity contribution in [3.05, 3.63) is 0 Å². The highest BCUT2D eigenvalue weighted by Gasteiger charge is 2.43. The van der Waals surface area contributed by atoms with E-state index in [1.54, 1.807) is 0 Å². The van der Waals surface area contributed by atoms with Crippen molar-refractivity contribution >= 4 is 8.32 Å². The van der Waals surface area contributed by atoms with Crippen LogP contribution in [0.5, 0.6) is 0 Å². The summed E-state index contributed by atoms with van der Waals surface area (Å²) in [6.45, 7) is 18.0. The maximum absolute atomic E-state index is 6.24. The summed E-state index contributed by atoms with van der Waals surface area (Å²) in [5, 5.41) is 0.240. The second kappa shape index (κ2) is 5.23. The van der Waals surface area contributed by atoms with E-state index < -0.39 is 14.1 Å². The second-order valence-corrected chi connectivity index (χ2v) is 12.0. The fourth-order valence-corrected chi connectivity index (χ4v) is 2.92. The molecule has 0 aromatic heterocycles. The van der Waals surface area contributed by atoms with E-state index in [0.717, 1.165) is 6.42 Å². The molecule has 3 nitrogen and oxygen atoms in total. The largest absolute Gasteiger partial charge is 0.414 e. The third kappa shape index (κ3) is 3.79. The smallest absolute Gasteiger partial charge is 0.192 e.